The molecule has 0 atom stereocenters. The molecule has 2 bridgehead atoms. The van der Waals surface area contributed by atoms with Crippen molar-refractivity contribution in [3.63, 3.8) is 0 Å². The van der Waals surface area contributed by atoms with Crippen LogP contribution >= 0.6 is 0 Å². The van der Waals surface area contributed by atoms with Gasteiger partial charge in [-0.15, -0.1) is 0 Å². The van der Waals surface area contributed by atoms with Crippen molar-refractivity contribution in [1.29, 1.82) is 0 Å². The van der Waals surface area contributed by atoms with Gasteiger partial charge in [0.05, 0.1) is 11.1 Å². The van der Waals surface area contributed by atoms with Crippen LogP contribution in [0, 0.1) is 0 Å². The van der Waals surface area contributed by atoms with E-state index >= 15 is 0 Å². The second-order valence-electron chi connectivity index (χ2n) is 7.12. The van der Waals surface area contributed by atoms with Crippen molar-refractivity contribution in [3.8, 4) is 0 Å². The lowest BCUT2D eigenvalue weighted by Gasteiger charge is -2.37. The summed E-state index contributed by atoms with van der Waals surface area (Å²) in [5, 5.41) is 28.8. The first-order valence-electron chi connectivity index (χ1n) is 9.36. The predicted molar refractivity (Wildman–Crippen MR) is 101 cm³/mol. The van der Waals surface area contributed by atoms with Crippen LogP contribution < -0.4 is 42.5 Å². The van der Waals surface area contributed by atoms with Gasteiger partial charge in [-0.3, -0.25) is 0 Å². The molecule has 142 valence electrons. The van der Waals surface area contributed by atoms with Gasteiger partial charge in [0, 0.05) is 78.5 Å². The van der Waals surface area contributed by atoms with E-state index in [-0.39, 0.29) is 11.1 Å². The van der Waals surface area contributed by atoms with Gasteiger partial charge in [-0.1, -0.05) is 0 Å². The fraction of sp³-hybridized carbons (Fsp3) is 1.00. The molecule has 0 unspecified atom stereocenters. The topological polar surface area (TPSA) is 96.2 Å². The van der Waals surface area contributed by atoms with E-state index in [1.807, 2.05) is 0 Å². The fourth-order valence-corrected chi connectivity index (χ4v) is 3.40. The minimum Gasteiger partial charge on any atom is -0.314 e. The highest BCUT2D eigenvalue weighted by molar-refractivity contribution is 4.96. The number of rotatable bonds is 2. The molecule has 8 N–H and O–H groups in total. The highest BCUT2D eigenvalue weighted by Gasteiger charge is 2.29. The van der Waals surface area contributed by atoms with Gasteiger partial charge in [0.2, 0.25) is 0 Å². The van der Waals surface area contributed by atoms with Crippen molar-refractivity contribution in [2.24, 2.45) is 0 Å². The highest BCUT2D eigenvalue weighted by Crippen LogP contribution is 2.03. The molecule has 0 aromatic rings. The van der Waals surface area contributed by atoms with Crippen molar-refractivity contribution in [3.05, 3.63) is 0 Å². The minimum atomic E-state index is 0.0307. The van der Waals surface area contributed by atoms with Crippen LogP contribution in [0.3, 0.4) is 0 Å². The molecular formula is C16H38N8. The minimum absolute atomic E-state index is 0.0307. The zero-order valence-electron chi connectivity index (χ0n) is 15.5. The van der Waals surface area contributed by atoms with Gasteiger partial charge in [-0.25, -0.2) is 0 Å². The van der Waals surface area contributed by atoms with Gasteiger partial charge in [-0.2, -0.15) is 0 Å². The third-order valence-corrected chi connectivity index (χ3v) is 5.28. The van der Waals surface area contributed by atoms with Crippen molar-refractivity contribution >= 4 is 0 Å². The molecule has 0 aromatic heterocycles. The Kier molecular flexibility index (Phi) is 8.85. The average Bonchev–Trinajstić information content (AvgIpc) is 2.61. The predicted octanol–water partition coefficient (Wildman–Crippen LogP) is -3.53. The molecule has 0 aromatic carbocycles. The van der Waals surface area contributed by atoms with Crippen LogP contribution in [0.25, 0.3) is 0 Å². The monoisotopic (exact) mass is 342 g/mol. The Bertz CT molecular complexity index is 262. The maximum absolute atomic E-state index is 3.61. The number of likely N-dealkylation sites (N-methyl/N-ethyl adjacent to an activating group) is 2. The molecule has 24 heavy (non-hydrogen) atoms. The van der Waals surface area contributed by atoms with Crippen LogP contribution in [0.1, 0.15) is 0 Å². The Morgan fingerprint density at radius 3 is 0.833 bits per heavy atom. The van der Waals surface area contributed by atoms with Crippen LogP contribution in [0.15, 0.2) is 0 Å². The fourth-order valence-electron chi connectivity index (χ4n) is 3.40. The lowest BCUT2D eigenvalue weighted by Crippen LogP contribution is -2.66. The van der Waals surface area contributed by atoms with Crippen molar-refractivity contribution in [1.82, 2.24) is 42.5 Å². The molecule has 3 fully saturated rings. The van der Waals surface area contributed by atoms with Crippen molar-refractivity contribution < 1.29 is 0 Å². The molecule has 0 spiro atoms. The standard InChI is InChI=1S/C16H38N8/c1-17-15-9-19-3-6-22-12-16(18-2,13-23-7-4-20-10-15)14-24-8-5-21-11-15/h17-24H,3-14H2,1-2H3. The number of hydrogen-bond donors (Lipinski definition) is 8. The lowest BCUT2D eigenvalue weighted by molar-refractivity contribution is 0.270. The third kappa shape index (κ3) is 6.20. The van der Waals surface area contributed by atoms with Gasteiger partial charge < -0.3 is 42.5 Å². The zero-order valence-corrected chi connectivity index (χ0v) is 15.5. The van der Waals surface area contributed by atoms with Crippen LogP contribution in [-0.4, -0.2) is 104 Å². The second kappa shape index (κ2) is 10.6. The summed E-state index contributed by atoms with van der Waals surface area (Å²) in [7, 11) is 4.13. The van der Waals surface area contributed by atoms with Crippen LogP contribution in [0.5, 0.6) is 0 Å². The van der Waals surface area contributed by atoms with Gasteiger partial charge in [0.1, 0.15) is 0 Å². The van der Waals surface area contributed by atoms with Gasteiger partial charge in [0.15, 0.2) is 0 Å². The summed E-state index contributed by atoms with van der Waals surface area (Å²) in [5.41, 5.74) is 0.0614. The highest BCUT2D eigenvalue weighted by atomic mass is 15.2. The van der Waals surface area contributed by atoms with Gasteiger partial charge in [-0.05, 0) is 14.1 Å². The molecule has 3 rings (SSSR count). The van der Waals surface area contributed by atoms with E-state index in [4.69, 9.17) is 0 Å². The van der Waals surface area contributed by atoms with E-state index in [1.54, 1.807) is 0 Å². The number of fused-ring (bicyclic) bond motifs is 15. The molecule has 3 aliphatic heterocycles. The molecule has 3 heterocycles. The third-order valence-electron chi connectivity index (χ3n) is 5.28. The Labute approximate surface area is 147 Å². The summed E-state index contributed by atoms with van der Waals surface area (Å²) in [6.07, 6.45) is 0. The summed E-state index contributed by atoms with van der Waals surface area (Å²) in [5.74, 6) is 0. The van der Waals surface area contributed by atoms with E-state index in [9.17, 15) is 0 Å². The maximum Gasteiger partial charge on any atom is 0.0556 e. The summed E-state index contributed by atoms with van der Waals surface area (Å²) in [6.45, 7) is 11.5. The summed E-state index contributed by atoms with van der Waals surface area (Å²) in [4.78, 5) is 0. The van der Waals surface area contributed by atoms with Crippen molar-refractivity contribution in [2.45, 2.75) is 11.1 Å². The van der Waals surface area contributed by atoms with E-state index in [2.05, 4.69) is 56.6 Å². The Morgan fingerprint density at radius 2 is 0.667 bits per heavy atom. The Morgan fingerprint density at radius 1 is 0.458 bits per heavy atom. The molecule has 0 aliphatic carbocycles. The molecule has 3 saturated heterocycles. The molecule has 8 nitrogen and oxygen atoms in total. The largest absolute Gasteiger partial charge is 0.314 e. The van der Waals surface area contributed by atoms with E-state index in [1.165, 1.54) is 0 Å². The van der Waals surface area contributed by atoms with Gasteiger partial charge >= 0.3 is 0 Å². The van der Waals surface area contributed by atoms with Crippen LogP contribution in [0.4, 0.5) is 0 Å². The Hall–Kier alpha value is -0.320. The molecule has 0 radical (unpaired) electrons. The first-order valence-corrected chi connectivity index (χ1v) is 9.36. The van der Waals surface area contributed by atoms with Crippen molar-refractivity contribution in [2.75, 3.05) is 92.6 Å². The summed E-state index contributed by atoms with van der Waals surface area (Å²) in [6, 6.07) is 0. The Balaban J connectivity index is 2.09. The molecular weight excluding hydrogens is 304 g/mol. The molecule has 0 saturated carbocycles. The quantitative estimate of drug-likeness (QED) is 0.262. The smallest absolute Gasteiger partial charge is 0.0556 e. The average molecular weight is 343 g/mol. The molecule has 3 aliphatic rings. The van der Waals surface area contributed by atoms with E-state index in [0.717, 1.165) is 78.5 Å². The van der Waals surface area contributed by atoms with E-state index < -0.39 is 0 Å². The molecule has 0 amide bonds. The van der Waals surface area contributed by atoms with Gasteiger partial charge in [0.25, 0.3) is 0 Å². The maximum atomic E-state index is 3.61. The number of hydrogen-bond acceptors (Lipinski definition) is 8. The zero-order chi connectivity index (χ0) is 17.1. The normalized spacial score (nSPS) is 35.2. The first kappa shape index (κ1) is 20.0. The van der Waals surface area contributed by atoms with Crippen LogP contribution in [0.2, 0.25) is 0 Å². The summed E-state index contributed by atoms with van der Waals surface area (Å²) < 4.78 is 0. The summed E-state index contributed by atoms with van der Waals surface area (Å²) >= 11 is 0. The lowest BCUT2D eigenvalue weighted by atomic mass is 9.98. The van der Waals surface area contributed by atoms with Crippen LogP contribution in [-0.2, 0) is 0 Å². The first-order chi connectivity index (χ1) is 11.7. The molecule has 8 heteroatoms. The SMILES string of the molecule is CNC12CNCCNCC(NC)(CNCCNC1)CNCCNC2. The van der Waals surface area contributed by atoms with E-state index in [0.29, 0.717) is 0 Å². The number of nitrogens with one attached hydrogen (secondary N) is 8. The second-order valence-corrected chi connectivity index (χ2v) is 7.12.